The highest BCUT2D eigenvalue weighted by Crippen LogP contribution is 2.78. The highest BCUT2D eigenvalue weighted by molar-refractivity contribution is 5.20. The Balaban J connectivity index is 1.76. The smallest absolute Gasteiger partial charge is 0.0233 e. The molecule has 20 heavy (non-hydrogen) atoms. The first-order chi connectivity index (χ1) is 9.14. The lowest BCUT2D eigenvalue weighted by Gasteiger charge is -2.54. The first kappa shape index (κ1) is 13.6. The van der Waals surface area contributed by atoms with Gasteiger partial charge in [0, 0.05) is 0 Å². The molecule has 0 heteroatoms. The molecular formula is C20H34. The molecule has 0 aromatic carbocycles. The summed E-state index contributed by atoms with van der Waals surface area (Å²) in [7, 11) is 0. The van der Waals surface area contributed by atoms with Crippen molar-refractivity contribution in [3.63, 3.8) is 0 Å². The van der Waals surface area contributed by atoms with Crippen molar-refractivity contribution in [2.75, 3.05) is 0 Å². The van der Waals surface area contributed by atoms with Gasteiger partial charge in [-0.25, -0.2) is 0 Å². The molecule has 4 bridgehead atoms. The molecule has 0 spiro atoms. The third-order valence-corrected chi connectivity index (χ3v) is 9.69. The van der Waals surface area contributed by atoms with Crippen LogP contribution in [0.2, 0.25) is 0 Å². The molecule has 0 radical (unpaired) electrons. The molecule has 0 aromatic rings. The normalized spacial score (nSPS) is 58.5. The lowest BCUT2D eigenvalue weighted by molar-refractivity contribution is -0.0539. The van der Waals surface area contributed by atoms with Crippen LogP contribution in [0.3, 0.4) is 0 Å². The summed E-state index contributed by atoms with van der Waals surface area (Å²) in [5.41, 5.74) is 2.47. The summed E-state index contributed by atoms with van der Waals surface area (Å²) in [6, 6.07) is 0. The first-order valence-corrected chi connectivity index (χ1v) is 9.14. The molecule has 4 saturated carbocycles. The summed E-state index contributed by atoms with van der Waals surface area (Å²) in [5, 5.41) is 0. The van der Waals surface area contributed by atoms with E-state index in [2.05, 4.69) is 41.5 Å². The van der Waals surface area contributed by atoms with Crippen LogP contribution in [0.25, 0.3) is 0 Å². The summed E-state index contributed by atoms with van der Waals surface area (Å²) < 4.78 is 0. The van der Waals surface area contributed by atoms with Crippen LogP contribution in [0, 0.1) is 45.3 Å². The molecule has 4 rings (SSSR count). The van der Waals surface area contributed by atoms with E-state index in [1.54, 1.807) is 0 Å². The van der Waals surface area contributed by atoms with E-state index in [1.165, 1.54) is 38.5 Å². The molecule has 0 N–H and O–H groups in total. The van der Waals surface area contributed by atoms with Crippen molar-refractivity contribution in [3.8, 4) is 0 Å². The molecule has 4 aliphatic rings. The molecule has 0 aromatic heterocycles. The molecule has 0 saturated heterocycles. The van der Waals surface area contributed by atoms with Crippen LogP contribution in [0.1, 0.15) is 80.1 Å². The number of fused-ring (bicyclic) bond motifs is 4. The van der Waals surface area contributed by atoms with E-state index in [-0.39, 0.29) is 0 Å². The second-order valence-corrected chi connectivity index (χ2v) is 10.5. The Hall–Kier alpha value is 0. The maximum absolute atomic E-state index is 2.70. The molecular weight excluding hydrogens is 240 g/mol. The van der Waals surface area contributed by atoms with Gasteiger partial charge in [0.2, 0.25) is 0 Å². The Morgan fingerprint density at radius 1 is 0.550 bits per heavy atom. The van der Waals surface area contributed by atoms with E-state index in [1.807, 2.05) is 0 Å². The summed E-state index contributed by atoms with van der Waals surface area (Å²) in [5.74, 6) is 3.99. The quantitative estimate of drug-likeness (QED) is 0.557. The van der Waals surface area contributed by atoms with E-state index >= 15 is 0 Å². The lowest BCUT2D eigenvalue weighted by Crippen LogP contribution is -2.47. The van der Waals surface area contributed by atoms with Gasteiger partial charge in [-0.2, -0.15) is 0 Å². The topological polar surface area (TPSA) is 0 Å². The zero-order valence-corrected chi connectivity index (χ0v) is 14.6. The minimum atomic E-state index is 0.615. The van der Waals surface area contributed by atoms with Gasteiger partial charge in [0.15, 0.2) is 0 Å². The minimum absolute atomic E-state index is 0.615. The van der Waals surface area contributed by atoms with Gasteiger partial charge >= 0.3 is 0 Å². The van der Waals surface area contributed by atoms with E-state index in [0.717, 1.165) is 23.7 Å². The Morgan fingerprint density at radius 2 is 0.900 bits per heavy atom. The Labute approximate surface area is 126 Å². The maximum atomic E-state index is 2.70. The fraction of sp³-hybridized carbons (Fsp3) is 1.00. The molecule has 0 aliphatic heterocycles. The van der Waals surface area contributed by atoms with Crippen LogP contribution in [0.5, 0.6) is 0 Å². The van der Waals surface area contributed by atoms with Gasteiger partial charge in [-0.3, -0.25) is 0 Å². The Morgan fingerprint density at radius 3 is 1.10 bits per heavy atom. The van der Waals surface area contributed by atoms with Crippen molar-refractivity contribution in [2.45, 2.75) is 80.1 Å². The van der Waals surface area contributed by atoms with E-state index in [4.69, 9.17) is 0 Å². The fourth-order valence-corrected chi connectivity index (χ4v) is 8.37. The van der Waals surface area contributed by atoms with Crippen molar-refractivity contribution in [1.82, 2.24) is 0 Å². The molecule has 0 heterocycles. The largest absolute Gasteiger partial charge is 0.0594 e. The maximum Gasteiger partial charge on any atom is -0.0233 e. The molecule has 4 fully saturated rings. The second kappa shape index (κ2) is 3.49. The van der Waals surface area contributed by atoms with Crippen molar-refractivity contribution in [2.24, 2.45) is 45.3 Å². The van der Waals surface area contributed by atoms with Crippen LogP contribution >= 0.6 is 0 Å². The fourth-order valence-electron chi connectivity index (χ4n) is 8.37. The average molecular weight is 274 g/mol. The zero-order chi connectivity index (χ0) is 14.6. The van der Waals surface area contributed by atoms with E-state index < -0.39 is 0 Å². The molecule has 4 aliphatic carbocycles. The van der Waals surface area contributed by atoms with Gasteiger partial charge in [-0.1, -0.05) is 41.5 Å². The average Bonchev–Trinajstić information content (AvgIpc) is 2.92. The number of rotatable bonds is 1. The van der Waals surface area contributed by atoms with Crippen molar-refractivity contribution in [3.05, 3.63) is 0 Å². The van der Waals surface area contributed by atoms with E-state index in [9.17, 15) is 0 Å². The summed E-state index contributed by atoms with van der Waals surface area (Å²) in [6.45, 7) is 15.7. The molecule has 0 nitrogen and oxygen atoms in total. The first-order valence-electron chi connectivity index (χ1n) is 9.14. The van der Waals surface area contributed by atoms with Crippen molar-refractivity contribution in [1.29, 1.82) is 0 Å². The van der Waals surface area contributed by atoms with Crippen LogP contribution in [-0.2, 0) is 0 Å². The van der Waals surface area contributed by atoms with Gasteiger partial charge < -0.3 is 0 Å². The molecule has 6 unspecified atom stereocenters. The minimum Gasteiger partial charge on any atom is -0.0594 e. The van der Waals surface area contributed by atoms with Crippen molar-refractivity contribution >= 4 is 0 Å². The summed E-state index contributed by atoms with van der Waals surface area (Å²) >= 11 is 0. The van der Waals surface area contributed by atoms with Gasteiger partial charge in [0.05, 0.1) is 0 Å². The third-order valence-electron chi connectivity index (χ3n) is 9.69. The Kier molecular flexibility index (Phi) is 2.38. The van der Waals surface area contributed by atoms with Crippen LogP contribution in [0.4, 0.5) is 0 Å². The van der Waals surface area contributed by atoms with Crippen LogP contribution < -0.4 is 0 Å². The zero-order valence-electron chi connectivity index (χ0n) is 14.6. The van der Waals surface area contributed by atoms with Crippen LogP contribution in [0.15, 0.2) is 0 Å². The molecule has 0 amide bonds. The van der Waals surface area contributed by atoms with Gasteiger partial charge in [-0.15, -0.1) is 0 Å². The highest BCUT2D eigenvalue weighted by atomic mass is 14.8. The standard InChI is InChI=1S/C20H34/c1-17(2)13-7-9-15(17)19(5,11-13)20(6)12-14-8-10-16(20)18(14,3)4/h13-16H,7-12H2,1-6H3. The van der Waals surface area contributed by atoms with Gasteiger partial charge in [0.25, 0.3) is 0 Å². The summed E-state index contributed by atoms with van der Waals surface area (Å²) in [4.78, 5) is 0. The lowest BCUT2D eigenvalue weighted by atomic mass is 9.51. The summed E-state index contributed by atoms with van der Waals surface area (Å²) in [6.07, 6.45) is 9.12. The second-order valence-electron chi connectivity index (χ2n) is 10.5. The monoisotopic (exact) mass is 274 g/mol. The number of hydrogen-bond acceptors (Lipinski definition) is 0. The van der Waals surface area contributed by atoms with Crippen LogP contribution in [-0.4, -0.2) is 0 Å². The highest BCUT2D eigenvalue weighted by Gasteiger charge is 2.71. The Bertz CT molecular complexity index is 403. The SMILES string of the molecule is CC1(C)C2CCC1C(C)(C1(C)CC3CCC1C3(C)C)C2. The van der Waals surface area contributed by atoms with Crippen molar-refractivity contribution < 1.29 is 0 Å². The number of hydrogen-bond donors (Lipinski definition) is 0. The van der Waals surface area contributed by atoms with Gasteiger partial charge in [0.1, 0.15) is 0 Å². The molecule has 114 valence electrons. The predicted octanol–water partition coefficient (Wildman–Crippen LogP) is 5.91. The molecule has 6 atom stereocenters. The predicted molar refractivity (Wildman–Crippen MR) is 85.4 cm³/mol. The van der Waals surface area contributed by atoms with E-state index in [0.29, 0.717) is 21.7 Å². The van der Waals surface area contributed by atoms with Gasteiger partial charge in [-0.05, 0) is 83.9 Å². The third kappa shape index (κ3) is 1.23.